The SMILES string of the molecule is CO[C@@H]1[C@@H](C)[C@H](Nc2ccc(S(=O)(=O)C(F)F)cc2[N+](=O)[O-])C1(C)C. The largest absolute Gasteiger partial charge is 0.380 e. The smallest absolute Gasteiger partial charge is 0.341 e. The summed E-state index contributed by atoms with van der Waals surface area (Å²) in [7, 11) is -3.31. The Balaban J connectivity index is 2.39. The first-order valence-electron chi connectivity index (χ1n) is 7.54. The zero-order chi connectivity index (χ0) is 19.2. The summed E-state index contributed by atoms with van der Waals surface area (Å²) >= 11 is 0. The highest BCUT2D eigenvalue weighted by Gasteiger charge is 2.55. The Hall–Kier alpha value is -1.81. The number of methoxy groups -OCH3 is 1. The number of nitro groups is 1. The van der Waals surface area contributed by atoms with Gasteiger partial charge in [-0.3, -0.25) is 10.1 Å². The molecule has 0 bridgehead atoms. The van der Waals surface area contributed by atoms with Crippen molar-refractivity contribution in [3.05, 3.63) is 28.3 Å². The van der Waals surface area contributed by atoms with Gasteiger partial charge in [0, 0.05) is 30.6 Å². The van der Waals surface area contributed by atoms with Crippen molar-refractivity contribution < 1.29 is 26.9 Å². The first-order valence-corrected chi connectivity index (χ1v) is 9.09. The van der Waals surface area contributed by atoms with Crippen LogP contribution in [0.1, 0.15) is 20.8 Å². The van der Waals surface area contributed by atoms with Crippen molar-refractivity contribution in [3.8, 4) is 0 Å². The summed E-state index contributed by atoms with van der Waals surface area (Å²) in [4.78, 5) is 9.70. The molecule has 1 fully saturated rings. The molecule has 0 heterocycles. The molecule has 1 aliphatic rings. The molecule has 0 aliphatic heterocycles. The van der Waals surface area contributed by atoms with Gasteiger partial charge >= 0.3 is 5.76 Å². The van der Waals surface area contributed by atoms with Crippen LogP contribution in [0.15, 0.2) is 23.1 Å². The monoisotopic (exact) mass is 378 g/mol. The number of benzene rings is 1. The zero-order valence-corrected chi connectivity index (χ0v) is 15.0. The molecule has 1 saturated carbocycles. The molecular formula is C15H20F2N2O5S. The van der Waals surface area contributed by atoms with Crippen molar-refractivity contribution in [2.45, 2.75) is 43.6 Å². The number of hydrogen-bond donors (Lipinski definition) is 1. The number of anilines is 1. The van der Waals surface area contributed by atoms with Crippen molar-refractivity contribution in [3.63, 3.8) is 0 Å². The molecule has 1 aromatic carbocycles. The fraction of sp³-hybridized carbons (Fsp3) is 0.600. The summed E-state index contributed by atoms with van der Waals surface area (Å²) in [5.41, 5.74) is -0.793. The van der Waals surface area contributed by atoms with Crippen molar-refractivity contribution in [1.29, 1.82) is 0 Å². The molecule has 0 saturated heterocycles. The molecule has 0 aromatic heterocycles. The predicted molar refractivity (Wildman–Crippen MR) is 87.4 cm³/mol. The Morgan fingerprint density at radius 2 is 1.96 bits per heavy atom. The second-order valence-electron chi connectivity index (χ2n) is 6.70. The van der Waals surface area contributed by atoms with Crippen LogP contribution in [0.2, 0.25) is 0 Å². The normalized spacial score (nSPS) is 25.5. The van der Waals surface area contributed by atoms with Crippen LogP contribution < -0.4 is 5.32 Å². The number of nitrogens with one attached hydrogen (secondary N) is 1. The lowest BCUT2D eigenvalue weighted by Crippen LogP contribution is -2.64. The number of halogens is 2. The van der Waals surface area contributed by atoms with Crippen LogP contribution in [-0.4, -0.2) is 38.4 Å². The summed E-state index contributed by atoms with van der Waals surface area (Å²) in [6, 6.07) is 2.60. The third kappa shape index (κ3) is 3.20. The summed E-state index contributed by atoms with van der Waals surface area (Å²) < 4.78 is 53.8. The number of hydrogen-bond acceptors (Lipinski definition) is 6. The molecule has 140 valence electrons. The quantitative estimate of drug-likeness (QED) is 0.603. The standard InChI is InChI=1S/C15H20F2N2O5S/c1-8-12(15(2,3)13(8)24-4)18-10-6-5-9(7-11(10)19(20)21)25(22,23)14(16)17/h5-8,12-14,18H,1-4H3/t8-,12-,13+/m0/s1. The van der Waals surface area contributed by atoms with Gasteiger partial charge in [0.1, 0.15) is 5.69 Å². The third-order valence-corrected chi connectivity index (χ3v) is 6.21. The van der Waals surface area contributed by atoms with E-state index in [0.717, 1.165) is 12.1 Å². The number of rotatable bonds is 6. The Kier molecular flexibility index (Phi) is 5.06. The second kappa shape index (κ2) is 6.49. The van der Waals surface area contributed by atoms with E-state index in [9.17, 15) is 27.3 Å². The van der Waals surface area contributed by atoms with Gasteiger partial charge in [-0.1, -0.05) is 20.8 Å². The fourth-order valence-corrected chi connectivity index (χ4v) is 4.40. The van der Waals surface area contributed by atoms with E-state index in [1.807, 2.05) is 20.8 Å². The summed E-state index contributed by atoms with van der Waals surface area (Å²) in [5, 5.41) is 14.3. The van der Waals surface area contributed by atoms with Crippen molar-refractivity contribution >= 4 is 21.2 Å². The molecule has 7 nitrogen and oxygen atoms in total. The van der Waals surface area contributed by atoms with E-state index in [-0.39, 0.29) is 29.2 Å². The van der Waals surface area contributed by atoms with Crippen LogP contribution in [0.3, 0.4) is 0 Å². The summed E-state index contributed by atoms with van der Waals surface area (Å²) in [6.45, 7) is 5.82. The Morgan fingerprint density at radius 1 is 1.36 bits per heavy atom. The van der Waals surface area contributed by atoms with E-state index in [1.54, 1.807) is 7.11 Å². The van der Waals surface area contributed by atoms with Crippen LogP contribution in [-0.2, 0) is 14.6 Å². The molecular weight excluding hydrogens is 358 g/mol. The predicted octanol–water partition coefficient (Wildman–Crippen LogP) is 3.06. The minimum absolute atomic E-state index is 0.0393. The van der Waals surface area contributed by atoms with Gasteiger partial charge in [0.05, 0.1) is 15.9 Å². The summed E-state index contributed by atoms with van der Waals surface area (Å²) in [6.07, 6.45) is -0.0393. The van der Waals surface area contributed by atoms with Crippen molar-refractivity contribution in [2.75, 3.05) is 12.4 Å². The maximum absolute atomic E-state index is 12.7. The zero-order valence-electron chi connectivity index (χ0n) is 14.2. The van der Waals surface area contributed by atoms with Gasteiger partial charge in [-0.15, -0.1) is 0 Å². The number of nitrogens with zero attached hydrogens (tertiary/aromatic N) is 1. The maximum Gasteiger partial charge on any atom is 0.341 e. The molecule has 3 atom stereocenters. The molecule has 1 aromatic rings. The van der Waals surface area contributed by atoms with Crippen molar-refractivity contribution in [2.24, 2.45) is 11.3 Å². The average Bonchev–Trinajstić information content (AvgIpc) is 2.52. The van der Waals surface area contributed by atoms with Gasteiger partial charge in [-0.2, -0.15) is 8.78 Å². The van der Waals surface area contributed by atoms with Crippen LogP contribution in [0.5, 0.6) is 0 Å². The number of ether oxygens (including phenoxy) is 1. The lowest BCUT2D eigenvalue weighted by Gasteiger charge is -2.56. The van der Waals surface area contributed by atoms with Gasteiger partial charge < -0.3 is 10.1 Å². The van der Waals surface area contributed by atoms with Gasteiger partial charge in [-0.25, -0.2) is 8.42 Å². The number of nitro benzene ring substituents is 1. The van der Waals surface area contributed by atoms with E-state index < -0.39 is 31.1 Å². The topological polar surface area (TPSA) is 98.5 Å². The maximum atomic E-state index is 12.7. The lowest BCUT2D eigenvalue weighted by molar-refractivity contribution is -0.384. The second-order valence-corrected chi connectivity index (χ2v) is 8.62. The lowest BCUT2D eigenvalue weighted by atomic mass is 9.58. The van der Waals surface area contributed by atoms with Gasteiger partial charge in [0.15, 0.2) is 0 Å². The molecule has 1 N–H and O–H groups in total. The highest BCUT2D eigenvalue weighted by molar-refractivity contribution is 7.91. The van der Waals surface area contributed by atoms with E-state index in [1.165, 1.54) is 0 Å². The average molecular weight is 378 g/mol. The highest BCUT2D eigenvalue weighted by Crippen LogP contribution is 2.49. The molecule has 1 aliphatic carbocycles. The molecule has 2 rings (SSSR count). The van der Waals surface area contributed by atoms with Gasteiger partial charge in [-0.05, 0) is 12.1 Å². The molecule has 25 heavy (non-hydrogen) atoms. The molecule has 10 heteroatoms. The minimum atomic E-state index is -4.90. The first kappa shape index (κ1) is 19.5. The molecule has 0 amide bonds. The Morgan fingerprint density at radius 3 is 2.40 bits per heavy atom. The Labute approximate surface area is 144 Å². The Bertz CT molecular complexity index is 782. The highest BCUT2D eigenvalue weighted by atomic mass is 32.2. The van der Waals surface area contributed by atoms with E-state index >= 15 is 0 Å². The van der Waals surface area contributed by atoms with Crippen LogP contribution >= 0.6 is 0 Å². The van der Waals surface area contributed by atoms with E-state index in [0.29, 0.717) is 6.07 Å². The van der Waals surface area contributed by atoms with Gasteiger partial charge in [0.2, 0.25) is 9.84 Å². The number of sulfone groups is 1. The van der Waals surface area contributed by atoms with Crippen LogP contribution in [0, 0.1) is 21.4 Å². The third-order valence-electron chi connectivity index (χ3n) is 4.83. The molecule has 0 unspecified atom stereocenters. The molecule has 0 radical (unpaired) electrons. The minimum Gasteiger partial charge on any atom is -0.380 e. The summed E-state index contributed by atoms with van der Waals surface area (Å²) in [5.74, 6) is -3.58. The van der Waals surface area contributed by atoms with Crippen LogP contribution in [0.25, 0.3) is 0 Å². The van der Waals surface area contributed by atoms with Crippen LogP contribution in [0.4, 0.5) is 20.2 Å². The van der Waals surface area contributed by atoms with E-state index in [2.05, 4.69) is 5.32 Å². The van der Waals surface area contributed by atoms with Crippen molar-refractivity contribution in [1.82, 2.24) is 0 Å². The van der Waals surface area contributed by atoms with Gasteiger partial charge in [0.25, 0.3) is 5.69 Å². The van der Waals surface area contributed by atoms with E-state index in [4.69, 9.17) is 4.74 Å². The fourth-order valence-electron chi connectivity index (χ4n) is 3.66. The number of alkyl halides is 2. The molecule has 0 spiro atoms. The first-order chi connectivity index (χ1) is 11.4.